The van der Waals surface area contributed by atoms with Crippen molar-refractivity contribution >= 4 is 0 Å². The van der Waals surface area contributed by atoms with Gasteiger partial charge in [-0.05, 0) is 31.0 Å². The molecule has 1 aromatic rings. The molecule has 0 spiro atoms. The summed E-state index contributed by atoms with van der Waals surface area (Å²) >= 11 is 0. The first-order valence-corrected chi connectivity index (χ1v) is 6.43. The van der Waals surface area contributed by atoms with E-state index in [2.05, 4.69) is 11.8 Å². The van der Waals surface area contributed by atoms with Gasteiger partial charge < -0.3 is 10.5 Å². The number of hydrogen-bond donors (Lipinski definition) is 1. The zero-order chi connectivity index (χ0) is 12.1. The standard InChI is InChI=1S/C14H22N2O/c1-12-7-8-16(14(12)11-15)9-10-17-13-5-3-2-4-6-13/h2-6,12,14H,7-11,15H2,1H3. The Morgan fingerprint density at radius 1 is 1.35 bits per heavy atom. The fourth-order valence-electron chi connectivity index (χ4n) is 2.54. The van der Waals surface area contributed by atoms with Crippen molar-refractivity contribution in [2.45, 2.75) is 19.4 Å². The lowest BCUT2D eigenvalue weighted by Crippen LogP contribution is -2.40. The SMILES string of the molecule is CC1CCN(CCOc2ccccc2)C1CN. The molecule has 0 radical (unpaired) electrons. The molecule has 1 saturated heterocycles. The molecule has 2 N–H and O–H groups in total. The van der Waals surface area contributed by atoms with Gasteiger partial charge in [0.1, 0.15) is 12.4 Å². The highest BCUT2D eigenvalue weighted by Crippen LogP contribution is 2.22. The largest absolute Gasteiger partial charge is 0.492 e. The number of likely N-dealkylation sites (tertiary alicyclic amines) is 1. The minimum Gasteiger partial charge on any atom is -0.492 e. The van der Waals surface area contributed by atoms with E-state index >= 15 is 0 Å². The summed E-state index contributed by atoms with van der Waals surface area (Å²) < 4.78 is 5.71. The lowest BCUT2D eigenvalue weighted by molar-refractivity contribution is 0.187. The van der Waals surface area contributed by atoms with E-state index < -0.39 is 0 Å². The maximum Gasteiger partial charge on any atom is 0.119 e. The first-order chi connectivity index (χ1) is 8.31. The normalized spacial score (nSPS) is 25.1. The van der Waals surface area contributed by atoms with Crippen LogP contribution in [0.15, 0.2) is 30.3 Å². The molecule has 94 valence electrons. The van der Waals surface area contributed by atoms with Gasteiger partial charge in [-0.15, -0.1) is 0 Å². The Balaban J connectivity index is 1.75. The molecular formula is C14H22N2O. The van der Waals surface area contributed by atoms with E-state index in [0.29, 0.717) is 6.04 Å². The van der Waals surface area contributed by atoms with Crippen LogP contribution in [0.5, 0.6) is 5.75 Å². The first-order valence-electron chi connectivity index (χ1n) is 6.43. The predicted molar refractivity (Wildman–Crippen MR) is 70.1 cm³/mol. The lowest BCUT2D eigenvalue weighted by atomic mass is 10.0. The molecule has 0 aromatic heterocycles. The molecule has 3 nitrogen and oxygen atoms in total. The Bertz CT molecular complexity index is 328. The third kappa shape index (κ3) is 3.20. The molecular weight excluding hydrogens is 212 g/mol. The van der Waals surface area contributed by atoms with Crippen molar-refractivity contribution in [3.05, 3.63) is 30.3 Å². The van der Waals surface area contributed by atoms with Gasteiger partial charge in [0.05, 0.1) is 0 Å². The van der Waals surface area contributed by atoms with Crippen molar-refractivity contribution in [3.8, 4) is 5.75 Å². The Kier molecular flexibility index (Phi) is 4.40. The molecule has 1 fully saturated rings. The molecule has 2 rings (SSSR count). The van der Waals surface area contributed by atoms with E-state index in [-0.39, 0.29) is 0 Å². The Hall–Kier alpha value is -1.06. The van der Waals surface area contributed by atoms with Crippen LogP contribution in [0.1, 0.15) is 13.3 Å². The summed E-state index contributed by atoms with van der Waals surface area (Å²) in [5.41, 5.74) is 5.81. The highest BCUT2D eigenvalue weighted by atomic mass is 16.5. The summed E-state index contributed by atoms with van der Waals surface area (Å²) in [6.45, 7) is 5.91. The molecule has 1 heterocycles. The van der Waals surface area contributed by atoms with E-state index in [1.807, 2.05) is 30.3 Å². The summed E-state index contributed by atoms with van der Waals surface area (Å²) in [5, 5.41) is 0. The van der Waals surface area contributed by atoms with E-state index in [9.17, 15) is 0 Å². The van der Waals surface area contributed by atoms with Gasteiger partial charge in [-0.3, -0.25) is 4.90 Å². The van der Waals surface area contributed by atoms with Gasteiger partial charge in [0.25, 0.3) is 0 Å². The van der Waals surface area contributed by atoms with Crippen LogP contribution in [0.25, 0.3) is 0 Å². The molecule has 0 saturated carbocycles. The van der Waals surface area contributed by atoms with Crippen LogP contribution < -0.4 is 10.5 Å². The summed E-state index contributed by atoms with van der Waals surface area (Å²) in [5.74, 6) is 1.67. The third-order valence-corrected chi connectivity index (χ3v) is 3.63. The zero-order valence-electron chi connectivity index (χ0n) is 10.5. The minimum atomic E-state index is 0.536. The number of rotatable bonds is 5. The molecule has 0 amide bonds. The number of benzene rings is 1. The van der Waals surface area contributed by atoms with Crippen molar-refractivity contribution in [2.24, 2.45) is 11.7 Å². The molecule has 3 heteroatoms. The van der Waals surface area contributed by atoms with Crippen molar-refractivity contribution in [2.75, 3.05) is 26.2 Å². The van der Waals surface area contributed by atoms with Crippen LogP contribution in [0.2, 0.25) is 0 Å². The number of nitrogens with zero attached hydrogens (tertiary/aromatic N) is 1. The van der Waals surface area contributed by atoms with Crippen LogP contribution in [0.4, 0.5) is 0 Å². The van der Waals surface area contributed by atoms with Gasteiger partial charge in [0.15, 0.2) is 0 Å². The highest BCUT2D eigenvalue weighted by molar-refractivity contribution is 5.20. The number of ether oxygens (including phenoxy) is 1. The van der Waals surface area contributed by atoms with Crippen molar-refractivity contribution in [1.82, 2.24) is 4.90 Å². The maximum absolute atomic E-state index is 5.81. The monoisotopic (exact) mass is 234 g/mol. The average molecular weight is 234 g/mol. The molecule has 1 aliphatic rings. The van der Waals surface area contributed by atoms with Crippen LogP contribution in [-0.4, -0.2) is 37.2 Å². The van der Waals surface area contributed by atoms with Crippen LogP contribution in [0, 0.1) is 5.92 Å². The van der Waals surface area contributed by atoms with Gasteiger partial charge in [0.2, 0.25) is 0 Å². The van der Waals surface area contributed by atoms with E-state index in [4.69, 9.17) is 10.5 Å². The van der Waals surface area contributed by atoms with Crippen LogP contribution >= 0.6 is 0 Å². The number of nitrogens with two attached hydrogens (primary N) is 1. The Morgan fingerprint density at radius 3 is 2.82 bits per heavy atom. The third-order valence-electron chi connectivity index (χ3n) is 3.63. The minimum absolute atomic E-state index is 0.536. The molecule has 2 atom stereocenters. The summed E-state index contributed by atoms with van der Waals surface area (Å²) in [6.07, 6.45) is 1.26. The van der Waals surface area contributed by atoms with Crippen molar-refractivity contribution in [1.29, 1.82) is 0 Å². The average Bonchev–Trinajstić information content (AvgIpc) is 2.71. The van der Waals surface area contributed by atoms with Gasteiger partial charge in [-0.25, -0.2) is 0 Å². The molecule has 17 heavy (non-hydrogen) atoms. The topological polar surface area (TPSA) is 38.5 Å². The van der Waals surface area contributed by atoms with Gasteiger partial charge in [0, 0.05) is 19.1 Å². The van der Waals surface area contributed by atoms with Gasteiger partial charge in [-0.1, -0.05) is 25.1 Å². The van der Waals surface area contributed by atoms with Crippen LogP contribution in [-0.2, 0) is 0 Å². The van der Waals surface area contributed by atoms with Crippen LogP contribution in [0.3, 0.4) is 0 Å². The fraction of sp³-hybridized carbons (Fsp3) is 0.571. The highest BCUT2D eigenvalue weighted by Gasteiger charge is 2.29. The van der Waals surface area contributed by atoms with Gasteiger partial charge in [-0.2, -0.15) is 0 Å². The zero-order valence-corrected chi connectivity index (χ0v) is 10.5. The fourth-order valence-corrected chi connectivity index (χ4v) is 2.54. The number of hydrogen-bond acceptors (Lipinski definition) is 3. The lowest BCUT2D eigenvalue weighted by Gasteiger charge is -2.25. The summed E-state index contributed by atoms with van der Waals surface area (Å²) in [7, 11) is 0. The predicted octanol–water partition coefficient (Wildman–Crippen LogP) is 1.73. The Labute approximate surface area is 104 Å². The molecule has 2 unspecified atom stereocenters. The second-order valence-electron chi connectivity index (χ2n) is 4.77. The maximum atomic E-state index is 5.81. The quantitative estimate of drug-likeness (QED) is 0.843. The van der Waals surface area contributed by atoms with E-state index in [1.54, 1.807) is 0 Å². The molecule has 0 aliphatic carbocycles. The second-order valence-corrected chi connectivity index (χ2v) is 4.77. The van der Waals surface area contributed by atoms with Crippen molar-refractivity contribution in [3.63, 3.8) is 0 Å². The summed E-state index contributed by atoms with van der Waals surface area (Å²) in [4.78, 5) is 2.45. The molecule has 0 bridgehead atoms. The summed E-state index contributed by atoms with van der Waals surface area (Å²) in [6, 6.07) is 10.5. The van der Waals surface area contributed by atoms with Gasteiger partial charge >= 0.3 is 0 Å². The molecule has 1 aliphatic heterocycles. The number of para-hydroxylation sites is 1. The van der Waals surface area contributed by atoms with E-state index in [1.165, 1.54) is 6.42 Å². The second kappa shape index (κ2) is 6.03. The first kappa shape index (κ1) is 12.4. The van der Waals surface area contributed by atoms with E-state index in [0.717, 1.165) is 37.9 Å². The molecule has 1 aromatic carbocycles. The Morgan fingerprint density at radius 2 is 2.12 bits per heavy atom. The smallest absolute Gasteiger partial charge is 0.119 e. The van der Waals surface area contributed by atoms with Crippen molar-refractivity contribution < 1.29 is 4.74 Å².